The molecule has 0 aliphatic heterocycles. The van der Waals surface area contributed by atoms with Crippen LogP contribution >= 0.6 is 11.8 Å². The molecule has 0 fully saturated rings. The number of rotatable bonds is 4. The third-order valence-corrected chi connectivity index (χ3v) is 4.41. The summed E-state index contributed by atoms with van der Waals surface area (Å²) >= 11 is 1.66. The van der Waals surface area contributed by atoms with Gasteiger partial charge in [0.15, 0.2) is 0 Å². The number of hydrogen-bond donors (Lipinski definition) is 2. The Hall–Kier alpha value is -1.59. The van der Waals surface area contributed by atoms with Gasteiger partial charge in [0.1, 0.15) is 16.7 Å². The zero-order chi connectivity index (χ0) is 14.7. The molecule has 1 aromatic carbocycles. The molecule has 3 N–H and O–H groups in total. The summed E-state index contributed by atoms with van der Waals surface area (Å²) < 4.78 is 0. The Morgan fingerprint density at radius 3 is 2.55 bits per heavy atom. The maximum atomic E-state index is 5.54. The number of anilines is 1. The van der Waals surface area contributed by atoms with Crippen LogP contribution in [0, 0.1) is 20.8 Å². The van der Waals surface area contributed by atoms with Crippen molar-refractivity contribution in [1.82, 2.24) is 9.97 Å². The molecule has 1 aromatic heterocycles. The summed E-state index contributed by atoms with van der Waals surface area (Å²) in [5, 5.41) is 0.955. The highest BCUT2D eigenvalue weighted by atomic mass is 32.2. The van der Waals surface area contributed by atoms with Gasteiger partial charge in [-0.2, -0.15) is 0 Å². The van der Waals surface area contributed by atoms with Crippen LogP contribution in [0.4, 0.5) is 5.82 Å². The van der Waals surface area contributed by atoms with Crippen molar-refractivity contribution in [2.24, 2.45) is 5.84 Å². The fourth-order valence-corrected chi connectivity index (χ4v) is 2.92. The minimum atomic E-state index is 0.698. The molecule has 20 heavy (non-hydrogen) atoms. The number of hydrazine groups is 1. The van der Waals surface area contributed by atoms with E-state index in [9.17, 15) is 0 Å². The largest absolute Gasteiger partial charge is 0.308 e. The van der Waals surface area contributed by atoms with Crippen LogP contribution in [0.25, 0.3) is 0 Å². The van der Waals surface area contributed by atoms with Gasteiger partial charge in [-0.25, -0.2) is 15.8 Å². The monoisotopic (exact) mass is 288 g/mol. The number of aromatic nitrogens is 2. The maximum absolute atomic E-state index is 5.54. The minimum absolute atomic E-state index is 0.698. The van der Waals surface area contributed by atoms with E-state index < -0.39 is 0 Å². The van der Waals surface area contributed by atoms with Gasteiger partial charge in [0.25, 0.3) is 0 Å². The highest BCUT2D eigenvalue weighted by Crippen LogP contribution is 2.33. The number of nitrogens with two attached hydrogens (primary N) is 1. The van der Waals surface area contributed by atoms with E-state index in [0.717, 1.165) is 22.8 Å². The number of hydrogen-bond acceptors (Lipinski definition) is 5. The van der Waals surface area contributed by atoms with E-state index in [2.05, 4.69) is 47.4 Å². The summed E-state index contributed by atoms with van der Waals surface area (Å²) in [4.78, 5) is 10.2. The topological polar surface area (TPSA) is 63.8 Å². The molecule has 0 unspecified atom stereocenters. The van der Waals surface area contributed by atoms with Crippen LogP contribution < -0.4 is 11.3 Å². The zero-order valence-corrected chi connectivity index (χ0v) is 13.1. The summed E-state index contributed by atoms with van der Waals surface area (Å²) in [6.07, 6.45) is 0.787. The van der Waals surface area contributed by atoms with Gasteiger partial charge in [0.2, 0.25) is 0 Å². The van der Waals surface area contributed by atoms with Crippen molar-refractivity contribution >= 4 is 17.6 Å². The van der Waals surface area contributed by atoms with Crippen molar-refractivity contribution in [3.8, 4) is 0 Å². The van der Waals surface area contributed by atoms with E-state index >= 15 is 0 Å². The Morgan fingerprint density at radius 2 is 1.95 bits per heavy atom. The molecule has 4 nitrogen and oxygen atoms in total. The third kappa shape index (κ3) is 3.11. The molecule has 1 heterocycles. The molecule has 0 saturated heterocycles. The van der Waals surface area contributed by atoms with Crippen LogP contribution in [-0.4, -0.2) is 9.97 Å². The molecule has 0 amide bonds. The summed E-state index contributed by atoms with van der Waals surface area (Å²) in [7, 11) is 0. The first-order chi connectivity index (χ1) is 9.55. The van der Waals surface area contributed by atoms with Crippen molar-refractivity contribution in [2.45, 2.75) is 44.0 Å². The number of aryl methyl sites for hydroxylation is 3. The third-order valence-electron chi connectivity index (χ3n) is 3.14. The highest BCUT2D eigenvalue weighted by Gasteiger charge is 2.12. The van der Waals surface area contributed by atoms with Crippen LogP contribution in [0.2, 0.25) is 0 Å². The van der Waals surface area contributed by atoms with E-state index in [0.29, 0.717) is 5.82 Å². The minimum Gasteiger partial charge on any atom is -0.308 e. The van der Waals surface area contributed by atoms with Gasteiger partial charge < -0.3 is 5.43 Å². The summed E-state index contributed by atoms with van der Waals surface area (Å²) in [5.74, 6) is 7.04. The van der Waals surface area contributed by atoms with Gasteiger partial charge in [0.05, 0.1) is 0 Å². The Balaban J connectivity index is 2.42. The molecule has 0 saturated carbocycles. The number of nitrogens with zero attached hydrogens (tertiary/aromatic N) is 2. The van der Waals surface area contributed by atoms with Crippen LogP contribution in [-0.2, 0) is 6.42 Å². The molecule has 0 aliphatic rings. The van der Waals surface area contributed by atoms with Gasteiger partial charge in [-0.15, -0.1) is 0 Å². The Morgan fingerprint density at radius 1 is 1.20 bits per heavy atom. The lowest BCUT2D eigenvalue weighted by atomic mass is 10.2. The Bertz CT molecular complexity index is 626. The zero-order valence-electron chi connectivity index (χ0n) is 12.3. The lowest BCUT2D eigenvalue weighted by Gasteiger charge is -2.12. The fourth-order valence-electron chi connectivity index (χ4n) is 1.96. The first-order valence-corrected chi connectivity index (χ1v) is 7.46. The lowest BCUT2D eigenvalue weighted by Crippen LogP contribution is -2.13. The quantitative estimate of drug-likeness (QED) is 0.513. The van der Waals surface area contributed by atoms with E-state index in [1.165, 1.54) is 16.0 Å². The molecular formula is C15H20N4S. The standard InChI is InChI=1S/C15H20N4S/c1-5-13-17-14(19-16)11(4)15(18-13)20-12-7-6-9(2)8-10(12)3/h6-8H,5,16H2,1-4H3,(H,17,18,19). The van der Waals surface area contributed by atoms with E-state index in [4.69, 9.17) is 5.84 Å². The molecule has 2 aromatic rings. The second-order valence-electron chi connectivity index (χ2n) is 4.79. The van der Waals surface area contributed by atoms with Crippen LogP contribution in [0.5, 0.6) is 0 Å². The van der Waals surface area contributed by atoms with Crippen LogP contribution in [0.15, 0.2) is 28.1 Å². The first-order valence-electron chi connectivity index (χ1n) is 6.64. The van der Waals surface area contributed by atoms with Crippen LogP contribution in [0.1, 0.15) is 29.4 Å². The fraction of sp³-hybridized carbons (Fsp3) is 0.333. The molecule has 0 atom stereocenters. The molecular weight excluding hydrogens is 268 g/mol. The molecule has 5 heteroatoms. The Labute approximate surface area is 124 Å². The number of benzene rings is 1. The van der Waals surface area contributed by atoms with Gasteiger partial charge >= 0.3 is 0 Å². The van der Waals surface area contributed by atoms with Crippen molar-refractivity contribution in [3.63, 3.8) is 0 Å². The lowest BCUT2D eigenvalue weighted by molar-refractivity contribution is 0.871. The number of nitrogens with one attached hydrogen (secondary N) is 1. The predicted octanol–water partition coefficient (Wildman–Crippen LogP) is 3.40. The molecule has 2 rings (SSSR count). The van der Waals surface area contributed by atoms with Crippen LogP contribution in [0.3, 0.4) is 0 Å². The van der Waals surface area contributed by atoms with Gasteiger partial charge in [-0.3, -0.25) is 0 Å². The van der Waals surface area contributed by atoms with E-state index in [1.807, 2.05) is 13.8 Å². The molecule has 0 bridgehead atoms. The SMILES string of the molecule is CCc1nc(NN)c(C)c(Sc2ccc(C)cc2C)n1. The van der Waals surface area contributed by atoms with Crippen molar-refractivity contribution in [1.29, 1.82) is 0 Å². The first kappa shape index (κ1) is 14.8. The average molecular weight is 288 g/mol. The van der Waals surface area contributed by atoms with Gasteiger partial charge in [0, 0.05) is 16.9 Å². The molecule has 106 valence electrons. The highest BCUT2D eigenvalue weighted by molar-refractivity contribution is 7.99. The molecule has 0 spiro atoms. The van der Waals surface area contributed by atoms with E-state index in [-0.39, 0.29) is 0 Å². The van der Waals surface area contributed by atoms with Crippen molar-refractivity contribution in [2.75, 3.05) is 5.43 Å². The van der Waals surface area contributed by atoms with Gasteiger partial charge in [-0.1, -0.05) is 36.4 Å². The van der Waals surface area contributed by atoms with Gasteiger partial charge in [-0.05, 0) is 32.4 Å². The Kier molecular flexibility index (Phi) is 4.62. The summed E-state index contributed by atoms with van der Waals surface area (Å²) in [5.41, 5.74) is 6.16. The molecule has 0 radical (unpaired) electrons. The predicted molar refractivity (Wildman–Crippen MR) is 84.0 cm³/mol. The second kappa shape index (κ2) is 6.24. The molecule has 0 aliphatic carbocycles. The smallest absolute Gasteiger partial charge is 0.147 e. The summed E-state index contributed by atoms with van der Waals surface area (Å²) in [6.45, 7) is 8.24. The van der Waals surface area contributed by atoms with Crippen molar-refractivity contribution in [3.05, 3.63) is 40.7 Å². The second-order valence-corrected chi connectivity index (χ2v) is 5.82. The normalized spacial score (nSPS) is 10.7. The van der Waals surface area contributed by atoms with E-state index in [1.54, 1.807) is 11.8 Å². The maximum Gasteiger partial charge on any atom is 0.147 e. The number of nitrogen functional groups attached to an aromatic ring is 1. The average Bonchev–Trinajstić information content (AvgIpc) is 2.43. The van der Waals surface area contributed by atoms with Crippen molar-refractivity contribution < 1.29 is 0 Å². The summed E-state index contributed by atoms with van der Waals surface area (Å²) in [6, 6.07) is 6.44.